The summed E-state index contributed by atoms with van der Waals surface area (Å²) < 4.78 is 0. The van der Waals surface area contributed by atoms with Crippen LogP contribution in [0.3, 0.4) is 0 Å². The van der Waals surface area contributed by atoms with Gasteiger partial charge < -0.3 is 15.3 Å². The van der Waals surface area contributed by atoms with Crippen LogP contribution in [-0.2, 0) is 19.2 Å². The number of carboxylic acids is 2. The highest BCUT2D eigenvalue weighted by atomic mass is 16.4. The zero-order valence-corrected chi connectivity index (χ0v) is 12.8. The number of Topliss-reactive ketones (excluding diaryl/α,β-unsaturated/α-hetero) is 1. The van der Waals surface area contributed by atoms with E-state index in [9.17, 15) is 24.3 Å². The molecule has 1 aliphatic carbocycles. The molecule has 128 valence electrons. The van der Waals surface area contributed by atoms with Crippen molar-refractivity contribution in [2.24, 2.45) is 11.8 Å². The third kappa shape index (κ3) is 6.73. The average molecular weight is 326 g/mol. The van der Waals surface area contributed by atoms with Gasteiger partial charge in [-0.25, -0.2) is 0 Å². The molecule has 0 spiro atoms. The van der Waals surface area contributed by atoms with Crippen LogP contribution in [0.15, 0.2) is 12.2 Å². The summed E-state index contributed by atoms with van der Waals surface area (Å²) >= 11 is 0. The van der Waals surface area contributed by atoms with E-state index in [1.807, 2.05) is 0 Å². The highest BCUT2D eigenvalue weighted by Gasteiger charge is 2.39. The number of aliphatic hydroxyl groups excluding tert-OH is 1. The van der Waals surface area contributed by atoms with Gasteiger partial charge in [-0.3, -0.25) is 19.2 Å². The Balaban J connectivity index is 2.50. The van der Waals surface area contributed by atoms with E-state index in [1.165, 1.54) is 12.2 Å². The average Bonchev–Trinajstić information content (AvgIpc) is 2.72. The molecule has 23 heavy (non-hydrogen) atoms. The van der Waals surface area contributed by atoms with Crippen molar-refractivity contribution in [2.45, 2.75) is 51.0 Å². The quantitative estimate of drug-likeness (QED) is 0.406. The normalized spacial score (nSPS) is 24.2. The van der Waals surface area contributed by atoms with Crippen molar-refractivity contribution in [3.05, 3.63) is 12.2 Å². The molecule has 1 fully saturated rings. The predicted octanol–water partition coefficient (Wildman–Crippen LogP) is 1.19. The second-order valence-electron chi connectivity index (χ2n) is 5.78. The van der Waals surface area contributed by atoms with Crippen LogP contribution in [0, 0.1) is 11.8 Å². The number of ketones is 2. The first-order valence-corrected chi connectivity index (χ1v) is 7.66. The molecule has 1 rings (SSSR count). The smallest absolute Gasteiger partial charge is 0.303 e. The van der Waals surface area contributed by atoms with Crippen molar-refractivity contribution >= 4 is 23.5 Å². The molecule has 0 aliphatic heterocycles. The third-order valence-corrected chi connectivity index (χ3v) is 3.97. The number of aliphatic carboxylic acids is 2. The number of hydrogen-bond acceptors (Lipinski definition) is 5. The van der Waals surface area contributed by atoms with Crippen LogP contribution in [0.2, 0.25) is 0 Å². The Hall–Kier alpha value is -2.02. The van der Waals surface area contributed by atoms with E-state index in [1.54, 1.807) is 0 Å². The van der Waals surface area contributed by atoms with Crippen molar-refractivity contribution < 1.29 is 34.5 Å². The molecule has 1 aliphatic rings. The molecule has 0 aromatic carbocycles. The maximum Gasteiger partial charge on any atom is 0.303 e. The summed E-state index contributed by atoms with van der Waals surface area (Å²) in [4.78, 5) is 44.5. The molecule has 0 unspecified atom stereocenters. The lowest BCUT2D eigenvalue weighted by Gasteiger charge is -2.16. The van der Waals surface area contributed by atoms with Crippen LogP contribution in [0.25, 0.3) is 0 Å². The lowest BCUT2D eigenvalue weighted by atomic mass is 9.89. The molecule has 1 saturated carbocycles. The van der Waals surface area contributed by atoms with Gasteiger partial charge in [0.2, 0.25) is 0 Å². The minimum atomic E-state index is -1.00. The molecule has 3 N–H and O–H groups in total. The standard InChI is InChI=1S/C16H22O7/c17-10(3-1-2-4-15(20)21)5-6-11-12(7-8-16(22)23)14(19)9-13(11)18/h5-6,11-13,18H,1-4,7-9H2,(H,20,21)(H,22,23)/b6-5+/t11-,12-,13-/m1/s1. The fourth-order valence-electron chi connectivity index (χ4n) is 2.75. The van der Waals surface area contributed by atoms with E-state index in [4.69, 9.17) is 10.2 Å². The highest BCUT2D eigenvalue weighted by Crippen LogP contribution is 2.33. The number of carbonyl (C=O) groups is 4. The van der Waals surface area contributed by atoms with Crippen LogP contribution in [0.1, 0.15) is 44.9 Å². The number of rotatable bonds is 10. The first kappa shape index (κ1) is 19.0. The van der Waals surface area contributed by atoms with Crippen LogP contribution < -0.4 is 0 Å². The predicted molar refractivity (Wildman–Crippen MR) is 79.7 cm³/mol. The van der Waals surface area contributed by atoms with Crippen molar-refractivity contribution in [3.8, 4) is 0 Å². The van der Waals surface area contributed by atoms with Gasteiger partial charge in [0.05, 0.1) is 6.10 Å². The summed E-state index contributed by atoms with van der Waals surface area (Å²) in [5.41, 5.74) is 0. The Labute approximate surface area is 134 Å². The molecular weight excluding hydrogens is 304 g/mol. The fraction of sp³-hybridized carbons (Fsp3) is 0.625. The van der Waals surface area contributed by atoms with Gasteiger partial charge in [0, 0.05) is 37.5 Å². The molecule has 0 saturated heterocycles. The molecule has 0 heterocycles. The Morgan fingerprint density at radius 1 is 1.04 bits per heavy atom. The largest absolute Gasteiger partial charge is 0.481 e. The molecule has 7 nitrogen and oxygen atoms in total. The minimum Gasteiger partial charge on any atom is -0.481 e. The van der Waals surface area contributed by atoms with Gasteiger partial charge in [0.25, 0.3) is 0 Å². The number of aliphatic hydroxyl groups is 1. The summed E-state index contributed by atoms with van der Waals surface area (Å²) in [5, 5.41) is 27.1. The Bertz CT molecular complexity index is 495. The van der Waals surface area contributed by atoms with Gasteiger partial charge in [-0.15, -0.1) is 0 Å². The summed E-state index contributed by atoms with van der Waals surface area (Å²) in [5.74, 6) is -3.39. The minimum absolute atomic E-state index is 0.0180. The Morgan fingerprint density at radius 2 is 1.65 bits per heavy atom. The topological polar surface area (TPSA) is 129 Å². The lowest BCUT2D eigenvalue weighted by Crippen LogP contribution is -2.19. The second-order valence-corrected chi connectivity index (χ2v) is 5.78. The number of allylic oxidation sites excluding steroid dienone is 1. The highest BCUT2D eigenvalue weighted by molar-refractivity contribution is 5.90. The van der Waals surface area contributed by atoms with E-state index >= 15 is 0 Å². The lowest BCUT2D eigenvalue weighted by molar-refractivity contribution is -0.138. The molecule has 0 radical (unpaired) electrons. The summed E-state index contributed by atoms with van der Waals surface area (Å²) in [6.07, 6.45) is 2.98. The number of hydrogen-bond donors (Lipinski definition) is 3. The number of unbranched alkanes of at least 4 members (excludes halogenated alkanes) is 1. The Morgan fingerprint density at radius 3 is 2.26 bits per heavy atom. The first-order valence-electron chi connectivity index (χ1n) is 7.66. The van der Waals surface area contributed by atoms with Crippen LogP contribution >= 0.6 is 0 Å². The van der Waals surface area contributed by atoms with Crippen molar-refractivity contribution in [3.63, 3.8) is 0 Å². The summed E-state index contributed by atoms with van der Waals surface area (Å²) in [6, 6.07) is 0. The van der Waals surface area contributed by atoms with E-state index in [0.717, 1.165) is 0 Å². The molecule has 3 atom stereocenters. The SMILES string of the molecule is O=C(O)CCCCC(=O)/C=C/[C@H]1[C@H](O)CC(=O)[C@@H]1CCC(=O)O. The van der Waals surface area contributed by atoms with Crippen LogP contribution in [0.5, 0.6) is 0 Å². The van der Waals surface area contributed by atoms with Crippen LogP contribution in [0.4, 0.5) is 0 Å². The maximum atomic E-state index is 11.8. The molecule has 0 aromatic rings. The van der Waals surface area contributed by atoms with Gasteiger partial charge >= 0.3 is 11.9 Å². The maximum absolute atomic E-state index is 11.8. The molecule has 0 aromatic heterocycles. The summed E-state index contributed by atoms with van der Waals surface area (Å²) in [7, 11) is 0. The van der Waals surface area contributed by atoms with E-state index < -0.39 is 29.9 Å². The molecule has 0 bridgehead atoms. The zero-order valence-electron chi connectivity index (χ0n) is 12.8. The second kappa shape index (κ2) is 9.19. The molecule has 0 amide bonds. The van der Waals surface area contributed by atoms with Crippen LogP contribution in [-0.4, -0.2) is 44.9 Å². The zero-order chi connectivity index (χ0) is 17.4. The number of carbonyl (C=O) groups excluding carboxylic acids is 2. The number of carboxylic acid groups (broad SMARTS) is 2. The van der Waals surface area contributed by atoms with E-state index in [2.05, 4.69) is 0 Å². The van der Waals surface area contributed by atoms with Gasteiger partial charge in [0.1, 0.15) is 5.78 Å². The van der Waals surface area contributed by atoms with E-state index in [0.29, 0.717) is 12.8 Å². The van der Waals surface area contributed by atoms with Gasteiger partial charge in [-0.1, -0.05) is 6.08 Å². The van der Waals surface area contributed by atoms with Gasteiger partial charge in [-0.2, -0.15) is 0 Å². The summed E-state index contributed by atoms with van der Waals surface area (Å²) in [6.45, 7) is 0. The Kier molecular flexibility index (Phi) is 7.61. The molecular formula is C16H22O7. The van der Waals surface area contributed by atoms with Crippen molar-refractivity contribution in [1.29, 1.82) is 0 Å². The van der Waals surface area contributed by atoms with Gasteiger partial charge in [-0.05, 0) is 25.3 Å². The van der Waals surface area contributed by atoms with E-state index in [-0.39, 0.29) is 43.7 Å². The van der Waals surface area contributed by atoms with Crippen molar-refractivity contribution in [2.75, 3.05) is 0 Å². The fourth-order valence-corrected chi connectivity index (χ4v) is 2.75. The third-order valence-electron chi connectivity index (χ3n) is 3.97. The molecule has 7 heteroatoms. The van der Waals surface area contributed by atoms with Gasteiger partial charge in [0.15, 0.2) is 5.78 Å². The monoisotopic (exact) mass is 326 g/mol. The van der Waals surface area contributed by atoms with Crippen molar-refractivity contribution in [1.82, 2.24) is 0 Å². The first-order chi connectivity index (χ1) is 10.8.